The number of aromatic nitrogens is 3. The van der Waals surface area contributed by atoms with Crippen molar-refractivity contribution in [2.24, 2.45) is 5.92 Å². The lowest BCUT2D eigenvalue weighted by Gasteiger charge is -2.14. The van der Waals surface area contributed by atoms with Gasteiger partial charge in [0.25, 0.3) is 0 Å². The predicted octanol–water partition coefficient (Wildman–Crippen LogP) is 4.25. The number of nitrogens with one attached hydrogen (secondary N) is 1. The maximum atomic E-state index is 4.84. The van der Waals surface area contributed by atoms with Crippen molar-refractivity contribution in [3.63, 3.8) is 0 Å². The van der Waals surface area contributed by atoms with Gasteiger partial charge in [0, 0.05) is 36.7 Å². The number of rotatable bonds is 8. The Kier molecular flexibility index (Phi) is 6.35. The summed E-state index contributed by atoms with van der Waals surface area (Å²) in [6.07, 6.45) is 3.81. The van der Waals surface area contributed by atoms with Crippen LogP contribution in [0.2, 0.25) is 0 Å². The highest BCUT2D eigenvalue weighted by atomic mass is 15.1. The van der Waals surface area contributed by atoms with Crippen LogP contribution in [0.5, 0.6) is 0 Å². The zero-order valence-electron chi connectivity index (χ0n) is 16.7. The molecule has 3 aromatic rings. The molecule has 0 amide bonds. The molecule has 2 aromatic heterocycles. The average molecular weight is 364 g/mol. The normalized spacial score (nSPS) is 11.5. The molecule has 0 saturated carbocycles. The first-order chi connectivity index (χ1) is 13.0. The zero-order valence-corrected chi connectivity index (χ0v) is 16.7. The van der Waals surface area contributed by atoms with Crippen molar-refractivity contribution in [1.82, 2.24) is 19.9 Å². The van der Waals surface area contributed by atoms with E-state index in [1.807, 2.05) is 24.4 Å². The monoisotopic (exact) mass is 363 g/mol. The van der Waals surface area contributed by atoms with E-state index < -0.39 is 0 Å². The number of benzene rings is 1. The van der Waals surface area contributed by atoms with Crippen molar-refractivity contribution < 1.29 is 0 Å². The summed E-state index contributed by atoms with van der Waals surface area (Å²) in [5, 5.41) is 4.56. The van der Waals surface area contributed by atoms with Crippen LogP contribution < -0.4 is 5.32 Å². The molecule has 0 atom stereocenters. The summed E-state index contributed by atoms with van der Waals surface area (Å²) >= 11 is 0. The van der Waals surface area contributed by atoms with Crippen molar-refractivity contribution in [2.45, 2.75) is 26.7 Å². The number of likely N-dealkylation sites (N-methyl/N-ethyl adjacent to an activating group) is 1. The number of nitrogens with zero attached hydrogens (tertiary/aromatic N) is 4. The van der Waals surface area contributed by atoms with Crippen LogP contribution in [0.25, 0.3) is 22.2 Å². The molecule has 2 heterocycles. The minimum atomic E-state index is 0.640. The zero-order chi connectivity index (χ0) is 19.2. The van der Waals surface area contributed by atoms with Crippen molar-refractivity contribution in [3.05, 3.63) is 48.4 Å². The molecule has 1 aromatic carbocycles. The molecular weight excluding hydrogens is 334 g/mol. The van der Waals surface area contributed by atoms with Gasteiger partial charge in [0.05, 0.1) is 11.2 Å². The van der Waals surface area contributed by atoms with Crippen LogP contribution in [-0.4, -0.2) is 47.0 Å². The molecule has 3 rings (SSSR count). The van der Waals surface area contributed by atoms with Gasteiger partial charge in [-0.25, -0.2) is 9.97 Å². The van der Waals surface area contributed by atoms with E-state index in [1.165, 1.54) is 0 Å². The number of aryl methyl sites for hydroxylation is 1. The summed E-state index contributed by atoms with van der Waals surface area (Å²) in [6, 6.07) is 12.3. The summed E-state index contributed by atoms with van der Waals surface area (Å²) in [5.41, 5.74) is 3.02. The Bertz CT molecular complexity index is 875. The molecule has 0 bridgehead atoms. The van der Waals surface area contributed by atoms with Crippen molar-refractivity contribution >= 4 is 16.7 Å². The van der Waals surface area contributed by atoms with Gasteiger partial charge in [-0.1, -0.05) is 26.0 Å². The van der Waals surface area contributed by atoms with Crippen molar-refractivity contribution in [1.29, 1.82) is 0 Å². The number of hydrogen-bond donors (Lipinski definition) is 1. The van der Waals surface area contributed by atoms with E-state index >= 15 is 0 Å². The Balaban J connectivity index is 1.98. The molecular formula is C22H29N5. The quantitative estimate of drug-likeness (QED) is 0.648. The highest BCUT2D eigenvalue weighted by Crippen LogP contribution is 2.27. The first-order valence-corrected chi connectivity index (χ1v) is 9.63. The molecule has 5 nitrogen and oxygen atoms in total. The third kappa shape index (κ3) is 5.23. The second-order valence-electron chi connectivity index (χ2n) is 7.60. The fraction of sp³-hybridized carbons (Fsp3) is 0.409. The van der Waals surface area contributed by atoms with Gasteiger partial charge >= 0.3 is 0 Å². The molecule has 27 heavy (non-hydrogen) atoms. The van der Waals surface area contributed by atoms with Gasteiger partial charge in [-0.05, 0) is 50.7 Å². The van der Waals surface area contributed by atoms with Gasteiger partial charge in [0.2, 0.25) is 0 Å². The highest BCUT2D eigenvalue weighted by molar-refractivity contribution is 5.92. The lowest BCUT2D eigenvalue weighted by Crippen LogP contribution is -2.21. The Labute approximate surface area is 161 Å². The fourth-order valence-electron chi connectivity index (χ4n) is 2.93. The molecule has 142 valence electrons. The summed E-state index contributed by atoms with van der Waals surface area (Å²) in [6.45, 7) is 6.26. The number of fused-ring (bicyclic) bond motifs is 1. The van der Waals surface area contributed by atoms with Gasteiger partial charge in [-0.3, -0.25) is 4.98 Å². The lowest BCUT2D eigenvalue weighted by molar-refractivity contribution is 0.425. The van der Waals surface area contributed by atoms with Gasteiger partial charge in [0.15, 0.2) is 0 Å². The molecule has 0 radical (unpaired) electrons. The fourth-order valence-corrected chi connectivity index (χ4v) is 2.93. The second-order valence-corrected chi connectivity index (χ2v) is 7.60. The van der Waals surface area contributed by atoms with Gasteiger partial charge < -0.3 is 10.2 Å². The molecule has 1 N–H and O–H groups in total. The number of pyridine rings is 1. The van der Waals surface area contributed by atoms with E-state index in [4.69, 9.17) is 9.97 Å². The molecule has 0 aliphatic carbocycles. The largest absolute Gasteiger partial charge is 0.368 e. The molecule has 5 heteroatoms. The van der Waals surface area contributed by atoms with E-state index in [0.717, 1.165) is 59.7 Å². The first kappa shape index (κ1) is 19.2. The third-order valence-electron chi connectivity index (χ3n) is 4.50. The van der Waals surface area contributed by atoms with Crippen LogP contribution in [0, 0.1) is 5.92 Å². The molecule has 0 aliphatic heterocycles. The topological polar surface area (TPSA) is 53.9 Å². The standard InChI is InChI=1S/C22H29N5/c1-16(2)8-11-21-25-20-10-9-17(19-7-5-6-12-23-19)15-18(20)22(26-21)24-13-14-27(3)4/h5-7,9-10,12,15-16H,8,11,13-14H2,1-4H3,(H,24,25,26). The Morgan fingerprint density at radius 3 is 2.63 bits per heavy atom. The smallest absolute Gasteiger partial charge is 0.137 e. The van der Waals surface area contributed by atoms with E-state index in [0.29, 0.717) is 5.92 Å². The predicted molar refractivity (Wildman–Crippen MR) is 113 cm³/mol. The minimum Gasteiger partial charge on any atom is -0.368 e. The third-order valence-corrected chi connectivity index (χ3v) is 4.50. The Morgan fingerprint density at radius 2 is 1.93 bits per heavy atom. The maximum absolute atomic E-state index is 4.84. The van der Waals surface area contributed by atoms with Gasteiger partial charge in [-0.15, -0.1) is 0 Å². The molecule has 0 aliphatic rings. The summed E-state index contributed by atoms with van der Waals surface area (Å²) < 4.78 is 0. The molecule has 0 unspecified atom stereocenters. The van der Waals surface area contributed by atoms with Gasteiger partial charge in [0.1, 0.15) is 11.6 Å². The Hall–Kier alpha value is -2.53. The summed E-state index contributed by atoms with van der Waals surface area (Å²) in [5.74, 6) is 2.47. The second kappa shape index (κ2) is 8.91. The summed E-state index contributed by atoms with van der Waals surface area (Å²) in [4.78, 5) is 16.3. The average Bonchev–Trinajstić information content (AvgIpc) is 2.66. The van der Waals surface area contributed by atoms with Crippen molar-refractivity contribution in [3.8, 4) is 11.3 Å². The van der Waals surface area contributed by atoms with E-state index in [1.54, 1.807) is 0 Å². The summed E-state index contributed by atoms with van der Waals surface area (Å²) in [7, 11) is 4.15. The van der Waals surface area contributed by atoms with Crippen LogP contribution >= 0.6 is 0 Å². The van der Waals surface area contributed by atoms with Crippen LogP contribution in [0.1, 0.15) is 26.1 Å². The van der Waals surface area contributed by atoms with E-state index in [-0.39, 0.29) is 0 Å². The van der Waals surface area contributed by atoms with Crippen LogP contribution in [0.4, 0.5) is 5.82 Å². The maximum Gasteiger partial charge on any atom is 0.137 e. The van der Waals surface area contributed by atoms with Crippen LogP contribution in [0.15, 0.2) is 42.6 Å². The van der Waals surface area contributed by atoms with Crippen LogP contribution in [0.3, 0.4) is 0 Å². The SMILES string of the molecule is CC(C)CCc1nc(NCCN(C)C)c2cc(-c3ccccn3)ccc2n1. The minimum absolute atomic E-state index is 0.640. The van der Waals surface area contributed by atoms with E-state index in [9.17, 15) is 0 Å². The molecule has 0 fully saturated rings. The lowest BCUT2D eigenvalue weighted by atomic mass is 10.1. The molecule has 0 spiro atoms. The van der Waals surface area contributed by atoms with Crippen molar-refractivity contribution in [2.75, 3.05) is 32.5 Å². The first-order valence-electron chi connectivity index (χ1n) is 9.63. The molecule has 0 saturated heterocycles. The Morgan fingerprint density at radius 1 is 1.07 bits per heavy atom. The highest BCUT2D eigenvalue weighted by Gasteiger charge is 2.10. The van der Waals surface area contributed by atoms with Crippen LogP contribution in [-0.2, 0) is 6.42 Å². The number of hydrogen-bond acceptors (Lipinski definition) is 5. The van der Waals surface area contributed by atoms with Gasteiger partial charge in [-0.2, -0.15) is 0 Å². The number of anilines is 1. The van der Waals surface area contributed by atoms with E-state index in [2.05, 4.69) is 61.3 Å².